The third-order valence-electron chi connectivity index (χ3n) is 6.00. The molecule has 0 saturated carbocycles. The molecule has 4 rings (SSSR count). The summed E-state index contributed by atoms with van der Waals surface area (Å²) in [6.45, 7) is 0.219. The normalized spacial score (nSPS) is 23.1. The molecule has 152 valence electrons. The van der Waals surface area contributed by atoms with E-state index in [2.05, 4.69) is 0 Å². The Balaban J connectivity index is 1.36. The van der Waals surface area contributed by atoms with Gasteiger partial charge in [-0.2, -0.15) is 0 Å². The lowest BCUT2D eigenvalue weighted by Crippen LogP contribution is -2.48. The number of nitrogens with zero attached hydrogens (tertiary/aromatic N) is 1. The zero-order valence-electron chi connectivity index (χ0n) is 16.0. The van der Waals surface area contributed by atoms with Gasteiger partial charge >= 0.3 is 6.09 Å². The number of carbonyl (C=O) groups is 2. The van der Waals surface area contributed by atoms with Gasteiger partial charge < -0.3 is 9.64 Å². The minimum atomic E-state index is -0.953. The van der Waals surface area contributed by atoms with E-state index in [1.165, 1.54) is 12.1 Å². The maximum atomic E-state index is 13.9. The summed E-state index contributed by atoms with van der Waals surface area (Å²) < 4.78 is 32.8. The first-order chi connectivity index (χ1) is 14.0. The minimum absolute atomic E-state index is 0.0386. The molecular weight excluding hydrogens is 376 g/mol. The van der Waals surface area contributed by atoms with Crippen LogP contribution in [0.15, 0.2) is 48.5 Å². The molecule has 2 aliphatic rings. The van der Waals surface area contributed by atoms with Gasteiger partial charge in [0.05, 0.1) is 0 Å². The fourth-order valence-electron chi connectivity index (χ4n) is 4.55. The van der Waals surface area contributed by atoms with E-state index >= 15 is 0 Å². The predicted molar refractivity (Wildman–Crippen MR) is 103 cm³/mol. The summed E-state index contributed by atoms with van der Waals surface area (Å²) in [6, 6.07) is 13.3. The molecule has 29 heavy (non-hydrogen) atoms. The van der Waals surface area contributed by atoms with E-state index in [0.717, 1.165) is 24.5 Å². The molecule has 2 bridgehead atoms. The lowest BCUT2D eigenvalue weighted by molar-refractivity contribution is -0.124. The van der Waals surface area contributed by atoms with Crippen molar-refractivity contribution in [2.45, 2.75) is 50.8 Å². The van der Waals surface area contributed by atoms with Crippen LogP contribution in [0, 0.1) is 17.6 Å². The Kier molecular flexibility index (Phi) is 5.60. The Hall–Kier alpha value is -2.76. The average molecular weight is 399 g/mol. The lowest BCUT2D eigenvalue weighted by Gasteiger charge is -2.37. The molecule has 1 amide bonds. The van der Waals surface area contributed by atoms with Gasteiger partial charge in [-0.05, 0) is 42.9 Å². The summed E-state index contributed by atoms with van der Waals surface area (Å²) in [5, 5.41) is 0. The Labute approximate surface area is 168 Å². The Bertz CT molecular complexity index is 888. The average Bonchev–Trinajstić information content (AvgIpc) is 2.99. The summed E-state index contributed by atoms with van der Waals surface area (Å²) in [7, 11) is 0. The van der Waals surface area contributed by atoms with E-state index in [4.69, 9.17) is 4.74 Å². The molecule has 2 fully saturated rings. The first-order valence-corrected chi connectivity index (χ1v) is 9.97. The molecule has 2 saturated heterocycles. The number of hydrogen-bond acceptors (Lipinski definition) is 3. The number of piperidine rings is 1. The fraction of sp³-hybridized carbons (Fsp3) is 0.391. The SMILES string of the molecule is O=C(Cc1cccc(F)c1F)C1CC2CCC(C1)N2C(=O)OCc1ccccc1. The van der Waals surface area contributed by atoms with E-state index in [1.807, 2.05) is 30.3 Å². The highest BCUT2D eigenvalue weighted by Crippen LogP contribution is 2.40. The predicted octanol–water partition coefficient (Wildman–Crippen LogP) is 4.66. The van der Waals surface area contributed by atoms with Crippen LogP contribution in [0.25, 0.3) is 0 Å². The standard InChI is InChI=1S/C23H23F2NO3/c24-20-8-4-7-16(22(20)25)13-21(27)17-11-18-9-10-19(12-17)26(18)23(28)29-14-15-5-2-1-3-6-15/h1-8,17-19H,9-14H2. The number of Topliss-reactive ketones (excluding diaryl/α,β-unsaturated/α-hetero) is 1. The summed E-state index contributed by atoms with van der Waals surface area (Å²) in [5.41, 5.74) is 1.02. The van der Waals surface area contributed by atoms with E-state index in [-0.39, 0.29) is 48.5 Å². The quantitative estimate of drug-likeness (QED) is 0.735. The van der Waals surface area contributed by atoms with Crippen LogP contribution >= 0.6 is 0 Å². The van der Waals surface area contributed by atoms with Gasteiger partial charge in [-0.25, -0.2) is 13.6 Å². The second-order valence-corrected chi connectivity index (χ2v) is 7.86. The van der Waals surface area contributed by atoms with Crippen LogP contribution < -0.4 is 0 Å². The Morgan fingerprint density at radius 1 is 0.966 bits per heavy atom. The second-order valence-electron chi connectivity index (χ2n) is 7.86. The smallest absolute Gasteiger partial charge is 0.410 e. The van der Waals surface area contributed by atoms with Gasteiger partial charge in [0.15, 0.2) is 11.6 Å². The van der Waals surface area contributed by atoms with Crippen LogP contribution in [0.4, 0.5) is 13.6 Å². The van der Waals surface area contributed by atoms with Crippen molar-refractivity contribution >= 4 is 11.9 Å². The number of carbonyl (C=O) groups excluding carboxylic acids is 2. The highest BCUT2D eigenvalue weighted by atomic mass is 19.2. The molecule has 0 spiro atoms. The molecule has 2 aliphatic heterocycles. The van der Waals surface area contributed by atoms with E-state index in [0.29, 0.717) is 12.8 Å². The van der Waals surface area contributed by atoms with E-state index < -0.39 is 11.6 Å². The summed E-state index contributed by atoms with van der Waals surface area (Å²) >= 11 is 0. The molecule has 0 N–H and O–H groups in total. The molecule has 0 radical (unpaired) electrons. The molecule has 0 aliphatic carbocycles. The first kappa shape index (κ1) is 19.6. The molecule has 4 nitrogen and oxygen atoms in total. The molecule has 2 atom stereocenters. The molecule has 2 aromatic carbocycles. The minimum Gasteiger partial charge on any atom is -0.445 e. The van der Waals surface area contributed by atoms with Gasteiger partial charge in [0.1, 0.15) is 12.4 Å². The number of ketones is 1. The van der Waals surface area contributed by atoms with Crippen molar-refractivity contribution in [1.82, 2.24) is 4.90 Å². The Morgan fingerprint density at radius 2 is 1.66 bits per heavy atom. The Morgan fingerprint density at radius 3 is 2.34 bits per heavy atom. The summed E-state index contributed by atoms with van der Waals surface area (Å²) in [6.07, 6.45) is 2.31. The first-order valence-electron chi connectivity index (χ1n) is 9.97. The zero-order chi connectivity index (χ0) is 20.4. The number of rotatable bonds is 5. The molecule has 6 heteroatoms. The monoisotopic (exact) mass is 399 g/mol. The molecule has 2 heterocycles. The molecule has 0 aromatic heterocycles. The topological polar surface area (TPSA) is 46.6 Å². The lowest BCUT2D eigenvalue weighted by atomic mass is 9.85. The maximum Gasteiger partial charge on any atom is 0.410 e. The van der Waals surface area contributed by atoms with Crippen LogP contribution in [0.1, 0.15) is 36.8 Å². The molecule has 2 unspecified atom stereocenters. The van der Waals surface area contributed by atoms with Crippen molar-refractivity contribution in [2.75, 3.05) is 0 Å². The number of fused-ring (bicyclic) bond motifs is 2. The van der Waals surface area contributed by atoms with E-state index in [1.54, 1.807) is 4.90 Å². The number of ether oxygens (including phenoxy) is 1. The van der Waals surface area contributed by atoms with Crippen molar-refractivity contribution in [1.29, 1.82) is 0 Å². The van der Waals surface area contributed by atoms with Gasteiger partial charge in [0.2, 0.25) is 0 Å². The van der Waals surface area contributed by atoms with Crippen molar-refractivity contribution in [3.05, 3.63) is 71.3 Å². The van der Waals surface area contributed by atoms with Crippen LogP contribution in [-0.4, -0.2) is 28.9 Å². The number of benzene rings is 2. The van der Waals surface area contributed by atoms with Gasteiger partial charge in [0.25, 0.3) is 0 Å². The fourth-order valence-corrected chi connectivity index (χ4v) is 4.55. The van der Waals surface area contributed by atoms with Crippen LogP contribution in [0.5, 0.6) is 0 Å². The highest BCUT2D eigenvalue weighted by Gasteiger charge is 2.45. The summed E-state index contributed by atoms with van der Waals surface area (Å²) in [4.78, 5) is 27.1. The van der Waals surface area contributed by atoms with Gasteiger partial charge in [-0.1, -0.05) is 42.5 Å². The van der Waals surface area contributed by atoms with Crippen LogP contribution in [0.3, 0.4) is 0 Å². The highest BCUT2D eigenvalue weighted by molar-refractivity contribution is 5.84. The number of halogens is 2. The van der Waals surface area contributed by atoms with E-state index in [9.17, 15) is 18.4 Å². The largest absolute Gasteiger partial charge is 0.445 e. The van der Waals surface area contributed by atoms with Crippen molar-refractivity contribution in [2.24, 2.45) is 5.92 Å². The van der Waals surface area contributed by atoms with Crippen molar-refractivity contribution in [3.63, 3.8) is 0 Å². The number of amides is 1. The maximum absolute atomic E-state index is 13.9. The third-order valence-corrected chi connectivity index (χ3v) is 6.00. The van der Waals surface area contributed by atoms with Gasteiger partial charge in [0, 0.05) is 24.4 Å². The second kappa shape index (κ2) is 8.31. The zero-order valence-corrected chi connectivity index (χ0v) is 16.0. The number of hydrogen-bond donors (Lipinski definition) is 0. The molecule has 2 aromatic rings. The molecular formula is C23H23F2NO3. The van der Waals surface area contributed by atoms with Gasteiger partial charge in [-0.15, -0.1) is 0 Å². The van der Waals surface area contributed by atoms with Crippen LogP contribution in [0.2, 0.25) is 0 Å². The van der Waals surface area contributed by atoms with Crippen LogP contribution in [-0.2, 0) is 22.6 Å². The summed E-state index contributed by atoms with van der Waals surface area (Å²) in [5.74, 6) is -2.23. The third kappa shape index (κ3) is 4.16. The van der Waals surface area contributed by atoms with Crippen molar-refractivity contribution in [3.8, 4) is 0 Å². The van der Waals surface area contributed by atoms with Crippen molar-refractivity contribution < 1.29 is 23.1 Å². The van der Waals surface area contributed by atoms with Gasteiger partial charge in [-0.3, -0.25) is 4.79 Å².